The summed E-state index contributed by atoms with van der Waals surface area (Å²) in [5.41, 5.74) is -3.41. The Labute approximate surface area is 233 Å². The highest BCUT2D eigenvalue weighted by atomic mass is 19.4. The standard InChI is InChI=1S/C29H33F8N3O/c1-38(26(41)16-19-14-20(28(32,33)34)17-21(15-19)29(35,36)37)18-25(23-6-5-7-24(30)27(23)31)40-12-8-22(9-13-40)39-10-3-2-4-11-39/h5-7,14-15,17,22,25H,2-4,8-13,16,18H2,1H3. The number of hydrogen-bond donors (Lipinski definition) is 0. The normalized spacial score (nSPS) is 18.9. The fourth-order valence-electron chi connectivity index (χ4n) is 5.83. The third kappa shape index (κ3) is 7.77. The van der Waals surface area contributed by atoms with Crippen molar-refractivity contribution >= 4 is 5.91 Å². The lowest BCUT2D eigenvalue weighted by Crippen LogP contribution is -2.49. The highest BCUT2D eigenvalue weighted by molar-refractivity contribution is 5.78. The number of carbonyl (C=O) groups excluding carboxylic acids is 1. The fourth-order valence-corrected chi connectivity index (χ4v) is 5.83. The number of hydrogen-bond acceptors (Lipinski definition) is 3. The Hall–Kier alpha value is -2.73. The van der Waals surface area contributed by atoms with Crippen LogP contribution in [0.3, 0.4) is 0 Å². The van der Waals surface area contributed by atoms with Crippen molar-refractivity contribution in [3.05, 3.63) is 70.3 Å². The molecule has 1 unspecified atom stereocenters. The van der Waals surface area contributed by atoms with Crippen molar-refractivity contribution in [3.63, 3.8) is 0 Å². The van der Waals surface area contributed by atoms with E-state index in [1.54, 1.807) is 0 Å². The maximum absolute atomic E-state index is 15.0. The van der Waals surface area contributed by atoms with Crippen molar-refractivity contribution in [2.24, 2.45) is 0 Å². The van der Waals surface area contributed by atoms with E-state index >= 15 is 0 Å². The molecule has 0 spiro atoms. The van der Waals surface area contributed by atoms with Crippen LogP contribution in [0, 0.1) is 11.6 Å². The van der Waals surface area contributed by atoms with Gasteiger partial charge in [-0.05, 0) is 68.6 Å². The van der Waals surface area contributed by atoms with Crippen LogP contribution in [0.4, 0.5) is 35.1 Å². The highest BCUT2D eigenvalue weighted by Gasteiger charge is 2.37. The Kier molecular flexibility index (Phi) is 9.63. The van der Waals surface area contributed by atoms with Crippen LogP contribution in [0.2, 0.25) is 0 Å². The molecular formula is C29H33F8N3O. The van der Waals surface area contributed by atoms with Gasteiger partial charge in [-0.25, -0.2) is 8.78 Å². The van der Waals surface area contributed by atoms with E-state index in [2.05, 4.69) is 4.90 Å². The van der Waals surface area contributed by atoms with Gasteiger partial charge >= 0.3 is 12.4 Å². The van der Waals surface area contributed by atoms with Gasteiger partial charge in [-0.1, -0.05) is 18.6 Å². The molecule has 41 heavy (non-hydrogen) atoms. The molecule has 4 nitrogen and oxygen atoms in total. The fraction of sp³-hybridized carbons (Fsp3) is 0.552. The quantitative estimate of drug-likeness (QED) is 0.336. The zero-order chi connectivity index (χ0) is 29.9. The smallest absolute Gasteiger partial charge is 0.344 e. The van der Waals surface area contributed by atoms with Gasteiger partial charge in [0.1, 0.15) is 0 Å². The third-order valence-corrected chi connectivity index (χ3v) is 8.06. The number of alkyl halides is 6. The van der Waals surface area contributed by atoms with Gasteiger partial charge in [0, 0.05) is 38.3 Å². The largest absolute Gasteiger partial charge is 0.416 e. The van der Waals surface area contributed by atoms with Crippen LogP contribution in [0.25, 0.3) is 0 Å². The molecule has 12 heteroatoms. The second-order valence-electron chi connectivity index (χ2n) is 10.9. The lowest BCUT2D eigenvalue weighted by molar-refractivity contribution is -0.143. The van der Waals surface area contributed by atoms with Gasteiger partial charge in [0.2, 0.25) is 5.91 Å². The molecule has 2 aromatic rings. The molecule has 2 aliphatic rings. The first kappa shape index (κ1) is 31.2. The highest BCUT2D eigenvalue weighted by Crippen LogP contribution is 2.37. The molecule has 0 aromatic heterocycles. The maximum Gasteiger partial charge on any atom is 0.416 e. The minimum atomic E-state index is -5.04. The summed E-state index contributed by atoms with van der Waals surface area (Å²) >= 11 is 0. The van der Waals surface area contributed by atoms with Gasteiger partial charge in [0.05, 0.1) is 23.6 Å². The summed E-state index contributed by atoms with van der Waals surface area (Å²) in [4.78, 5) is 18.6. The molecule has 0 N–H and O–H groups in total. The molecule has 1 amide bonds. The molecule has 2 saturated heterocycles. The van der Waals surface area contributed by atoms with E-state index in [9.17, 15) is 39.9 Å². The van der Waals surface area contributed by atoms with E-state index in [0.29, 0.717) is 31.3 Å². The summed E-state index contributed by atoms with van der Waals surface area (Å²) in [5, 5.41) is 0. The van der Waals surface area contributed by atoms with E-state index in [4.69, 9.17) is 0 Å². The Morgan fingerprint density at radius 3 is 2.05 bits per heavy atom. The molecule has 2 aliphatic heterocycles. The van der Waals surface area contributed by atoms with E-state index in [0.717, 1.165) is 49.7 Å². The van der Waals surface area contributed by atoms with E-state index in [1.165, 1.54) is 25.6 Å². The van der Waals surface area contributed by atoms with Crippen LogP contribution in [-0.4, -0.2) is 66.4 Å². The van der Waals surface area contributed by atoms with Crippen molar-refractivity contribution in [3.8, 4) is 0 Å². The Bertz CT molecular complexity index is 1170. The number of carbonyl (C=O) groups is 1. The summed E-state index contributed by atoms with van der Waals surface area (Å²) in [6.07, 6.45) is -5.71. The summed E-state index contributed by atoms with van der Waals surface area (Å²) < 4.78 is 109. The molecular weight excluding hydrogens is 558 g/mol. The zero-order valence-electron chi connectivity index (χ0n) is 22.7. The van der Waals surface area contributed by atoms with Crippen molar-refractivity contribution in [1.29, 1.82) is 0 Å². The summed E-state index contributed by atoms with van der Waals surface area (Å²) in [7, 11) is 1.35. The van der Waals surface area contributed by atoms with E-state index < -0.39 is 59.0 Å². The van der Waals surface area contributed by atoms with Crippen LogP contribution in [0.1, 0.15) is 60.4 Å². The van der Waals surface area contributed by atoms with Crippen molar-refractivity contribution in [2.75, 3.05) is 39.8 Å². The third-order valence-electron chi connectivity index (χ3n) is 8.06. The summed E-state index contributed by atoms with van der Waals surface area (Å²) in [6, 6.07) is 4.45. The van der Waals surface area contributed by atoms with Gasteiger partial charge in [-0.2, -0.15) is 26.3 Å². The van der Waals surface area contributed by atoms with Gasteiger partial charge in [0.25, 0.3) is 0 Å². The summed E-state index contributed by atoms with van der Waals surface area (Å²) in [5.74, 6) is -2.85. The Morgan fingerprint density at radius 1 is 0.902 bits per heavy atom. The minimum absolute atomic E-state index is 0.00790. The number of likely N-dealkylation sites (tertiary alicyclic amines) is 2. The van der Waals surface area contributed by atoms with Gasteiger partial charge in [-0.3, -0.25) is 9.69 Å². The second kappa shape index (κ2) is 12.6. The van der Waals surface area contributed by atoms with Gasteiger partial charge in [-0.15, -0.1) is 0 Å². The predicted molar refractivity (Wildman–Crippen MR) is 137 cm³/mol. The first-order chi connectivity index (χ1) is 19.2. The maximum atomic E-state index is 15.0. The molecule has 2 heterocycles. The Balaban J connectivity index is 1.52. The molecule has 0 saturated carbocycles. The first-order valence-electron chi connectivity index (χ1n) is 13.7. The first-order valence-corrected chi connectivity index (χ1v) is 13.7. The topological polar surface area (TPSA) is 26.8 Å². The number of amides is 1. The molecule has 1 atom stereocenters. The van der Waals surface area contributed by atoms with E-state index in [-0.39, 0.29) is 18.2 Å². The average Bonchev–Trinajstić information content (AvgIpc) is 2.93. The van der Waals surface area contributed by atoms with Crippen molar-refractivity contribution < 1.29 is 39.9 Å². The number of halogens is 8. The number of piperidine rings is 2. The lowest BCUT2D eigenvalue weighted by Gasteiger charge is -2.43. The van der Waals surface area contributed by atoms with Crippen LogP contribution < -0.4 is 0 Å². The van der Waals surface area contributed by atoms with Crippen LogP contribution >= 0.6 is 0 Å². The molecule has 0 radical (unpaired) electrons. The molecule has 2 aromatic carbocycles. The Morgan fingerprint density at radius 2 is 1.49 bits per heavy atom. The molecule has 0 bridgehead atoms. The van der Waals surface area contributed by atoms with Gasteiger partial charge in [0.15, 0.2) is 11.6 Å². The van der Waals surface area contributed by atoms with E-state index in [1.807, 2.05) is 4.90 Å². The molecule has 4 rings (SSSR count). The predicted octanol–water partition coefficient (Wildman–Crippen LogP) is 6.69. The van der Waals surface area contributed by atoms with Crippen LogP contribution in [-0.2, 0) is 23.6 Å². The van der Waals surface area contributed by atoms with Crippen LogP contribution in [0.5, 0.6) is 0 Å². The molecule has 2 fully saturated rings. The molecule has 0 aliphatic carbocycles. The second-order valence-corrected chi connectivity index (χ2v) is 10.9. The lowest BCUT2D eigenvalue weighted by atomic mass is 9.96. The van der Waals surface area contributed by atoms with Gasteiger partial charge < -0.3 is 9.80 Å². The number of rotatable bonds is 7. The monoisotopic (exact) mass is 591 g/mol. The van der Waals surface area contributed by atoms with Crippen molar-refractivity contribution in [2.45, 2.75) is 63.0 Å². The average molecular weight is 592 g/mol. The summed E-state index contributed by atoms with van der Waals surface area (Å²) in [6.45, 7) is 3.04. The zero-order valence-corrected chi connectivity index (χ0v) is 22.7. The SMILES string of the molecule is CN(CC(c1cccc(F)c1F)N1CCC(N2CCCCC2)CC1)C(=O)Cc1cc(C(F)(F)F)cc(C(F)(F)F)c1. The number of likely N-dealkylation sites (N-methyl/N-ethyl adjacent to an activating group) is 1. The van der Waals surface area contributed by atoms with Crippen LogP contribution in [0.15, 0.2) is 36.4 Å². The number of nitrogens with zero attached hydrogens (tertiary/aromatic N) is 3. The molecule has 226 valence electrons. The number of benzene rings is 2. The minimum Gasteiger partial charge on any atom is -0.344 e. The van der Waals surface area contributed by atoms with Crippen molar-refractivity contribution in [1.82, 2.24) is 14.7 Å².